The van der Waals surface area contributed by atoms with Gasteiger partial charge in [-0.3, -0.25) is 4.79 Å². The molecule has 0 heterocycles. The van der Waals surface area contributed by atoms with Gasteiger partial charge in [0.1, 0.15) is 6.61 Å². The lowest BCUT2D eigenvalue weighted by atomic mass is 10.3. The summed E-state index contributed by atoms with van der Waals surface area (Å²) in [6.07, 6.45) is -12.1. The Kier molecular flexibility index (Phi) is 3.49. The molecule has 0 amide bonds. The number of carbonyl (C=O) groups excluding carboxylic acids is 1. The van der Waals surface area contributed by atoms with E-state index in [1.807, 2.05) is 0 Å². The molecular weight excluding hydrogens is 225 g/mol. The molecule has 0 atom stereocenters. The van der Waals surface area contributed by atoms with E-state index in [1.54, 1.807) is 0 Å². The summed E-state index contributed by atoms with van der Waals surface area (Å²) in [4.78, 5) is 9.41. The molecule has 0 radical (unpaired) electrons. The van der Waals surface area contributed by atoms with Crippen LogP contribution in [0, 0.1) is 0 Å². The molecule has 0 unspecified atom stereocenters. The molecule has 0 saturated heterocycles. The van der Waals surface area contributed by atoms with Crippen molar-refractivity contribution in [2.75, 3.05) is 6.61 Å². The second-order valence-corrected chi connectivity index (χ2v) is 2.16. The lowest BCUT2D eigenvalue weighted by Gasteiger charge is -2.22. The van der Waals surface area contributed by atoms with Crippen LogP contribution in [0.5, 0.6) is 0 Å². The van der Waals surface area contributed by atoms with Gasteiger partial charge in [-0.25, -0.2) is 0 Å². The van der Waals surface area contributed by atoms with Crippen molar-refractivity contribution >= 4 is 6.29 Å². The number of ether oxygens (including phenoxy) is 1. The van der Waals surface area contributed by atoms with E-state index >= 15 is 0 Å². The Balaban J connectivity index is 4.42. The van der Waals surface area contributed by atoms with E-state index in [9.17, 15) is 35.5 Å². The van der Waals surface area contributed by atoms with Gasteiger partial charge in [0.2, 0.25) is 0 Å². The predicted molar refractivity (Wildman–Crippen MR) is 28.0 cm³/mol. The Morgan fingerprint density at radius 1 is 1.00 bits per heavy atom. The molecule has 9 heteroatoms. The molecule has 14 heavy (non-hydrogen) atoms. The van der Waals surface area contributed by atoms with Gasteiger partial charge in [0, 0.05) is 0 Å². The molecule has 0 aromatic rings. The Hall–Kier alpha value is -0.860. The second kappa shape index (κ2) is 3.71. The summed E-state index contributed by atoms with van der Waals surface area (Å²) < 4.78 is 84.3. The van der Waals surface area contributed by atoms with Crippen molar-refractivity contribution in [1.29, 1.82) is 0 Å². The third-order valence-electron chi connectivity index (χ3n) is 0.953. The molecule has 0 aliphatic carbocycles. The quantitative estimate of drug-likeness (QED) is 0.543. The van der Waals surface area contributed by atoms with Crippen molar-refractivity contribution in [1.82, 2.24) is 0 Å². The van der Waals surface area contributed by atoms with Crippen molar-refractivity contribution in [3.63, 3.8) is 0 Å². The standard InChI is InChI=1S/C5H3F7O2/c6-3(7,1-13)5(11,12)14-2-4(8,9)10/h1H,2H2. The fourth-order valence-electron chi connectivity index (χ4n) is 0.337. The first-order chi connectivity index (χ1) is 6.02. The van der Waals surface area contributed by atoms with E-state index in [1.165, 1.54) is 0 Å². The summed E-state index contributed by atoms with van der Waals surface area (Å²) in [5.41, 5.74) is 0. The average Bonchev–Trinajstić information content (AvgIpc) is 1.99. The topological polar surface area (TPSA) is 26.3 Å². The fourth-order valence-corrected chi connectivity index (χ4v) is 0.337. The van der Waals surface area contributed by atoms with Crippen LogP contribution in [0.4, 0.5) is 30.7 Å². The van der Waals surface area contributed by atoms with Crippen molar-refractivity contribution in [2.24, 2.45) is 0 Å². The van der Waals surface area contributed by atoms with Crippen molar-refractivity contribution in [3.8, 4) is 0 Å². The van der Waals surface area contributed by atoms with Gasteiger partial charge in [-0.05, 0) is 0 Å². The van der Waals surface area contributed by atoms with Gasteiger partial charge < -0.3 is 4.74 Å². The molecule has 84 valence electrons. The maximum atomic E-state index is 12.0. The Labute approximate surface area is 72.6 Å². The van der Waals surface area contributed by atoms with Gasteiger partial charge >= 0.3 is 18.2 Å². The van der Waals surface area contributed by atoms with Crippen LogP contribution in [0.3, 0.4) is 0 Å². The number of carbonyl (C=O) groups is 1. The Morgan fingerprint density at radius 3 is 1.71 bits per heavy atom. The van der Waals surface area contributed by atoms with Crippen molar-refractivity contribution < 1.29 is 40.3 Å². The van der Waals surface area contributed by atoms with Crippen LogP contribution in [0.15, 0.2) is 0 Å². The van der Waals surface area contributed by atoms with Gasteiger partial charge in [0.15, 0.2) is 6.29 Å². The smallest absolute Gasteiger partial charge is 0.306 e. The van der Waals surface area contributed by atoms with Crippen LogP contribution >= 0.6 is 0 Å². The Morgan fingerprint density at radius 2 is 1.43 bits per heavy atom. The van der Waals surface area contributed by atoms with Crippen molar-refractivity contribution in [3.05, 3.63) is 0 Å². The van der Waals surface area contributed by atoms with Crippen molar-refractivity contribution in [2.45, 2.75) is 18.2 Å². The van der Waals surface area contributed by atoms with Crippen LogP contribution in [-0.2, 0) is 9.53 Å². The molecule has 0 aliphatic rings. The molecule has 2 nitrogen and oxygen atoms in total. The van der Waals surface area contributed by atoms with Crippen LogP contribution in [0.2, 0.25) is 0 Å². The highest BCUT2D eigenvalue weighted by Gasteiger charge is 2.59. The monoisotopic (exact) mass is 228 g/mol. The molecule has 0 saturated carbocycles. The van der Waals surface area contributed by atoms with Gasteiger partial charge in [-0.2, -0.15) is 30.7 Å². The third kappa shape index (κ3) is 3.48. The van der Waals surface area contributed by atoms with E-state index in [-0.39, 0.29) is 0 Å². The van der Waals surface area contributed by atoms with Crippen LogP contribution < -0.4 is 0 Å². The largest absolute Gasteiger partial charge is 0.427 e. The second-order valence-electron chi connectivity index (χ2n) is 2.16. The lowest BCUT2D eigenvalue weighted by molar-refractivity contribution is -0.352. The zero-order chi connectivity index (χ0) is 11.6. The highest BCUT2D eigenvalue weighted by atomic mass is 19.4. The summed E-state index contributed by atoms with van der Waals surface area (Å²) in [7, 11) is 0. The number of hydrogen-bond acceptors (Lipinski definition) is 2. The third-order valence-corrected chi connectivity index (χ3v) is 0.953. The maximum absolute atomic E-state index is 12.0. The van der Waals surface area contributed by atoms with E-state index in [0.29, 0.717) is 0 Å². The van der Waals surface area contributed by atoms with Crippen LogP contribution in [-0.4, -0.2) is 31.1 Å². The van der Waals surface area contributed by atoms with Gasteiger partial charge in [-0.15, -0.1) is 0 Å². The van der Waals surface area contributed by atoms with E-state index in [4.69, 9.17) is 0 Å². The zero-order valence-electron chi connectivity index (χ0n) is 6.25. The molecule has 0 aliphatic heterocycles. The normalized spacial score (nSPS) is 14.2. The number of halogens is 7. The average molecular weight is 228 g/mol. The first-order valence-electron chi connectivity index (χ1n) is 2.94. The molecule has 0 spiro atoms. The first kappa shape index (κ1) is 13.1. The molecule has 0 aromatic carbocycles. The van der Waals surface area contributed by atoms with Gasteiger partial charge in [-0.1, -0.05) is 0 Å². The first-order valence-corrected chi connectivity index (χ1v) is 2.94. The Bertz CT molecular complexity index is 209. The fraction of sp³-hybridized carbons (Fsp3) is 0.800. The highest BCUT2D eigenvalue weighted by Crippen LogP contribution is 2.34. The van der Waals surface area contributed by atoms with E-state index < -0.39 is 31.1 Å². The zero-order valence-corrected chi connectivity index (χ0v) is 6.25. The van der Waals surface area contributed by atoms with E-state index in [2.05, 4.69) is 4.74 Å². The SMILES string of the molecule is O=CC(F)(F)C(F)(F)OCC(F)(F)F. The number of alkyl halides is 7. The number of aldehydes is 1. The minimum atomic E-state index is -5.47. The summed E-state index contributed by atoms with van der Waals surface area (Å²) in [6, 6.07) is 0. The lowest BCUT2D eigenvalue weighted by Crippen LogP contribution is -2.45. The number of rotatable bonds is 4. The van der Waals surface area contributed by atoms with Gasteiger partial charge in [0.25, 0.3) is 0 Å². The van der Waals surface area contributed by atoms with Gasteiger partial charge in [0.05, 0.1) is 0 Å². The summed E-state index contributed by atoms with van der Waals surface area (Å²) >= 11 is 0. The molecule has 0 bridgehead atoms. The van der Waals surface area contributed by atoms with Crippen LogP contribution in [0.25, 0.3) is 0 Å². The molecule has 0 N–H and O–H groups in total. The summed E-state index contributed by atoms with van der Waals surface area (Å²) in [5, 5.41) is 0. The maximum Gasteiger partial charge on any atom is 0.427 e. The molecular formula is C5H3F7O2. The summed E-state index contributed by atoms with van der Waals surface area (Å²) in [6.45, 7) is -2.57. The molecule has 0 rings (SSSR count). The van der Waals surface area contributed by atoms with Crippen LogP contribution in [0.1, 0.15) is 0 Å². The number of hydrogen-bond donors (Lipinski definition) is 0. The molecule has 0 fully saturated rings. The minimum absolute atomic E-state index is 1.48. The molecule has 0 aromatic heterocycles. The highest BCUT2D eigenvalue weighted by molar-refractivity contribution is 5.61. The van der Waals surface area contributed by atoms with E-state index in [0.717, 1.165) is 0 Å². The minimum Gasteiger partial charge on any atom is -0.306 e. The predicted octanol–water partition coefficient (Wildman–Crippen LogP) is 1.99. The summed E-state index contributed by atoms with van der Waals surface area (Å²) in [5.74, 6) is -5.28.